The summed E-state index contributed by atoms with van der Waals surface area (Å²) in [4.78, 5) is 4.98. The number of anilines is 2. The zero-order valence-electron chi connectivity index (χ0n) is 20.0. The number of rotatable bonds is 4. The van der Waals surface area contributed by atoms with E-state index in [-0.39, 0.29) is 6.17 Å². The lowest BCUT2D eigenvalue weighted by Crippen LogP contribution is -2.40. The number of aryl methyl sites for hydroxylation is 6. The van der Waals surface area contributed by atoms with Crippen molar-refractivity contribution in [3.8, 4) is 0 Å². The van der Waals surface area contributed by atoms with Gasteiger partial charge in [-0.15, -0.1) is 0 Å². The molecule has 0 unspecified atom stereocenters. The maximum atomic E-state index is 7.16. The molecule has 1 heterocycles. The van der Waals surface area contributed by atoms with E-state index in [1.54, 1.807) is 0 Å². The fourth-order valence-corrected chi connectivity index (χ4v) is 5.79. The fraction of sp³-hybridized carbons (Fsp3) is 0.310. The van der Waals surface area contributed by atoms with Gasteiger partial charge < -0.3 is 9.80 Å². The van der Waals surface area contributed by atoms with Crippen LogP contribution in [0.1, 0.15) is 38.9 Å². The van der Waals surface area contributed by atoms with Gasteiger partial charge >= 0.3 is 0 Å². The third kappa shape index (κ3) is 4.29. The smallest absolute Gasteiger partial charge is 0.139 e. The van der Waals surface area contributed by atoms with Crippen LogP contribution < -0.4 is 9.80 Å². The Balaban J connectivity index is 1.86. The van der Waals surface area contributed by atoms with Crippen molar-refractivity contribution in [2.75, 3.05) is 22.9 Å². The Labute approximate surface area is 198 Å². The van der Waals surface area contributed by atoms with Gasteiger partial charge in [0, 0.05) is 24.5 Å². The topological polar surface area (TPSA) is 6.48 Å². The Bertz CT molecular complexity index is 1050. The van der Waals surface area contributed by atoms with Gasteiger partial charge in [-0.05, 0) is 75.4 Å². The van der Waals surface area contributed by atoms with Crippen LogP contribution in [0.25, 0.3) is 6.08 Å². The molecule has 0 spiro atoms. The van der Waals surface area contributed by atoms with Crippen molar-refractivity contribution in [1.82, 2.24) is 0 Å². The van der Waals surface area contributed by atoms with Gasteiger partial charge in [-0.2, -0.15) is 0 Å². The summed E-state index contributed by atoms with van der Waals surface area (Å²) in [5.41, 5.74) is 11.5. The molecule has 2 nitrogen and oxygen atoms in total. The van der Waals surface area contributed by atoms with E-state index >= 15 is 0 Å². The van der Waals surface area contributed by atoms with Gasteiger partial charge in [0.15, 0.2) is 0 Å². The van der Waals surface area contributed by atoms with Crippen molar-refractivity contribution in [2.45, 2.75) is 47.7 Å². The van der Waals surface area contributed by atoms with Gasteiger partial charge in [0.2, 0.25) is 0 Å². The van der Waals surface area contributed by atoms with Gasteiger partial charge in [0.05, 0.1) is 5.03 Å². The SMILES string of the molecule is Cc1cc(C)c(N2CCN(c3c(C)cc(C)cc3C)C2/C(Cl)=C/c2ccccc2)c(C)c1. The average molecular weight is 445 g/mol. The van der Waals surface area contributed by atoms with E-state index in [1.165, 1.54) is 44.8 Å². The molecular formula is C29H33ClN2. The predicted molar refractivity (Wildman–Crippen MR) is 140 cm³/mol. The van der Waals surface area contributed by atoms with E-state index in [0.29, 0.717) is 0 Å². The van der Waals surface area contributed by atoms with Crippen molar-refractivity contribution < 1.29 is 0 Å². The van der Waals surface area contributed by atoms with Crippen LogP contribution >= 0.6 is 11.6 Å². The van der Waals surface area contributed by atoms with Crippen LogP contribution in [0.5, 0.6) is 0 Å². The molecule has 0 radical (unpaired) electrons. The first-order chi connectivity index (χ1) is 15.3. The Morgan fingerprint density at radius 2 is 1.12 bits per heavy atom. The summed E-state index contributed by atoms with van der Waals surface area (Å²) in [6, 6.07) is 19.5. The van der Waals surface area contributed by atoms with E-state index < -0.39 is 0 Å². The van der Waals surface area contributed by atoms with Crippen molar-refractivity contribution in [1.29, 1.82) is 0 Å². The Kier molecular flexibility index (Phi) is 6.35. The van der Waals surface area contributed by atoms with E-state index in [2.05, 4.69) is 106 Å². The molecule has 1 fully saturated rings. The predicted octanol–water partition coefficient (Wildman–Crippen LogP) is 7.47. The molecule has 0 bridgehead atoms. The molecule has 3 aromatic carbocycles. The number of halogens is 1. The van der Waals surface area contributed by atoms with Crippen LogP contribution in [-0.4, -0.2) is 19.3 Å². The molecule has 3 aromatic rings. The second-order valence-corrected chi connectivity index (χ2v) is 9.63. The normalized spacial score (nSPS) is 15.0. The number of benzene rings is 3. The van der Waals surface area contributed by atoms with E-state index in [0.717, 1.165) is 23.7 Å². The number of nitrogens with zero attached hydrogens (tertiary/aromatic N) is 2. The second-order valence-electron chi connectivity index (χ2n) is 9.20. The summed E-state index contributed by atoms with van der Waals surface area (Å²) in [6.07, 6.45) is 2.08. The highest BCUT2D eigenvalue weighted by molar-refractivity contribution is 6.32. The first kappa shape index (κ1) is 22.5. The Morgan fingerprint density at radius 3 is 1.53 bits per heavy atom. The highest BCUT2D eigenvalue weighted by Gasteiger charge is 2.37. The maximum absolute atomic E-state index is 7.16. The van der Waals surface area contributed by atoms with Crippen molar-refractivity contribution in [3.63, 3.8) is 0 Å². The van der Waals surface area contributed by atoms with Gasteiger partial charge in [0.1, 0.15) is 6.17 Å². The van der Waals surface area contributed by atoms with Crippen molar-refractivity contribution >= 4 is 29.1 Å². The molecule has 0 saturated carbocycles. The molecule has 32 heavy (non-hydrogen) atoms. The molecule has 0 amide bonds. The summed E-state index contributed by atoms with van der Waals surface area (Å²) in [7, 11) is 0. The molecular weight excluding hydrogens is 412 g/mol. The van der Waals surface area contributed by atoms with Crippen LogP contribution in [0.15, 0.2) is 59.6 Å². The molecule has 0 N–H and O–H groups in total. The molecule has 1 aliphatic heterocycles. The maximum Gasteiger partial charge on any atom is 0.139 e. The summed E-state index contributed by atoms with van der Waals surface area (Å²) >= 11 is 7.16. The monoisotopic (exact) mass is 444 g/mol. The molecule has 1 aliphatic rings. The number of hydrogen-bond acceptors (Lipinski definition) is 2. The molecule has 0 atom stereocenters. The summed E-state index contributed by atoms with van der Waals surface area (Å²) in [5.74, 6) is 0. The third-order valence-electron chi connectivity index (χ3n) is 6.37. The van der Waals surface area contributed by atoms with Crippen molar-refractivity contribution in [2.24, 2.45) is 0 Å². The first-order valence-electron chi connectivity index (χ1n) is 11.4. The van der Waals surface area contributed by atoms with E-state index in [9.17, 15) is 0 Å². The Morgan fingerprint density at radius 1 is 0.719 bits per heavy atom. The largest absolute Gasteiger partial charge is 0.344 e. The molecule has 3 heteroatoms. The zero-order chi connectivity index (χ0) is 23.0. The second kappa shape index (κ2) is 9.03. The molecule has 4 rings (SSSR count). The lowest BCUT2D eigenvalue weighted by molar-refractivity contribution is 0.782. The molecule has 0 aromatic heterocycles. The number of hydrogen-bond donors (Lipinski definition) is 0. The highest BCUT2D eigenvalue weighted by atomic mass is 35.5. The summed E-state index contributed by atoms with van der Waals surface area (Å²) < 4.78 is 0. The van der Waals surface area contributed by atoms with Crippen LogP contribution in [0.2, 0.25) is 0 Å². The standard InChI is InChI=1S/C29H33ClN2/c1-19-14-21(3)27(22(4)15-19)31-12-13-32(28-23(5)16-20(2)17-24(28)6)29(31)26(30)18-25-10-8-7-9-11-25/h7-11,14-18,29H,12-13H2,1-6H3/b26-18-. The van der Waals surface area contributed by atoms with E-state index in [1.807, 2.05) is 6.07 Å². The van der Waals surface area contributed by atoms with Crippen LogP contribution in [-0.2, 0) is 0 Å². The van der Waals surface area contributed by atoms with Gasteiger partial charge in [-0.3, -0.25) is 0 Å². The fourth-order valence-electron chi connectivity index (χ4n) is 5.43. The van der Waals surface area contributed by atoms with Crippen LogP contribution in [0.3, 0.4) is 0 Å². The molecule has 1 saturated heterocycles. The van der Waals surface area contributed by atoms with Gasteiger partial charge in [0.25, 0.3) is 0 Å². The van der Waals surface area contributed by atoms with Crippen LogP contribution in [0.4, 0.5) is 11.4 Å². The Hall–Kier alpha value is -2.71. The summed E-state index contributed by atoms with van der Waals surface area (Å²) in [5, 5.41) is 0.840. The summed E-state index contributed by atoms with van der Waals surface area (Å²) in [6.45, 7) is 15.1. The molecule has 166 valence electrons. The lowest BCUT2D eigenvalue weighted by Gasteiger charge is -2.36. The minimum Gasteiger partial charge on any atom is -0.344 e. The third-order valence-corrected chi connectivity index (χ3v) is 6.67. The zero-order valence-corrected chi connectivity index (χ0v) is 20.8. The van der Waals surface area contributed by atoms with Crippen molar-refractivity contribution in [3.05, 3.63) is 98.6 Å². The van der Waals surface area contributed by atoms with Crippen LogP contribution in [0, 0.1) is 41.5 Å². The lowest BCUT2D eigenvalue weighted by atomic mass is 10.0. The first-order valence-corrected chi connectivity index (χ1v) is 11.7. The highest BCUT2D eigenvalue weighted by Crippen LogP contribution is 2.39. The average Bonchev–Trinajstić information content (AvgIpc) is 3.11. The minimum absolute atomic E-state index is 0.0444. The van der Waals surface area contributed by atoms with Gasteiger partial charge in [-0.1, -0.05) is 77.3 Å². The molecule has 0 aliphatic carbocycles. The van der Waals surface area contributed by atoms with Gasteiger partial charge in [-0.25, -0.2) is 0 Å². The minimum atomic E-state index is -0.0444. The quantitative estimate of drug-likeness (QED) is 0.411. The van der Waals surface area contributed by atoms with E-state index in [4.69, 9.17) is 11.6 Å².